The maximum Gasteiger partial charge on any atom is 0.325 e. The number of hydrogen-bond donors (Lipinski definition) is 1. The predicted molar refractivity (Wildman–Crippen MR) is 128 cm³/mol. The zero-order valence-corrected chi connectivity index (χ0v) is 20.0. The first-order valence-corrected chi connectivity index (χ1v) is 12.3. The van der Waals surface area contributed by atoms with E-state index in [4.69, 9.17) is 0 Å². The Balaban J connectivity index is 1.33. The van der Waals surface area contributed by atoms with E-state index in [0.29, 0.717) is 24.9 Å². The largest absolute Gasteiger partial charge is 0.348 e. The van der Waals surface area contributed by atoms with Gasteiger partial charge < -0.3 is 9.88 Å². The van der Waals surface area contributed by atoms with Crippen LogP contribution < -0.4 is 5.32 Å². The summed E-state index contributed by atoms with van der Waals surface area (Å²) in [5, 5.41) is 4.85. The van der Waals surface area contributed by atoms with Gasteiger partial charge in [-0.15, -0.1) is 11.3 Å². The number of urea groups is 1. The number of rotatable bonds is 6. The second-order valence-electron chi connectivity index (χ2n) is 9.07. The number of Topliss-reactive ketones (excluding diaryl/α,β-unsaturated/α-hetero) is 1. The van der Waals surface area contributed by atoms with Crippen LogP contribution in [0.15, 0.2) is 41.8 Å². The van der Waals surface area contributed by atoms with Crippen molar-refractivity contribution >= 4 is 29.1 Å². The van der Waals surface area contributed by atoms with E-state index in [1.54, 1.807) is 23.5 Å². The standard InChI is InChI=1S/C26H26FN3O3S/c1-16-14-20(17(2)29(16)12-9-18-5-7-19(27)8-6-18)22(31)15-30-24(32)26(28-25(30)33)11-3-4-23-21(26)10-13-34-23/h5-8,10,13-14H,3-4,9,11-12,15H2,1-2H3,(H,28,33)/t26-/m1/s1. The number of imide groups is 1. The van der Waals surface area contributed by atoms with E-state index in [1.165, 1.54) is 12.1 Å². The molecule has 1 aromatic carbocycles. The maximum absolute atomic E-state index is 13.4. The average Bonchev–Trinajstić information content (AvgIpc) is 3.47. The molecule has 8 heteroatoms. The van der Waals surface area contributed by atoms with Crippen molar-refractivity contribution in [2.75, 3.05) is 6.54 Å². The van der Waals surface area contributed by atoms with E-state index in [9.17, 15) is 18.8 Å². The molecule has 2 aromatic heterocycles. The highest BCUT2D eigenvalue weighted by Crippen LogP contribution is 2.42. The van der Waals surface area contributed by atoms with Crippen molar-refractivity contribution < 1.29 is 18.8 Å². The summed E-state index contributed by atoms with van der Waals surface area (Å²) in [5.74, 6) is -0.867. The maximum atomic E-state index is 13.4. The van der Waals surface area contributed by atoms with Gasteiger partial charge in [0.1, 0.15) is 11.4 Å². The quantitative estimate of drug-likeness (QED) is 0.418. The number of fused-ring (bicyclic) bond motifs is 2. The van der Waals surface area contributed by atoms with Gasteiger partial charge in [0.25, 0.3) is 5.91 Å². The van der Waals surface area contributed by atoms with Gasteiger partial charge in [0.05, 0.1) is 6.54 Å². The van der Waals surface area contributed by atoms with Gasteiger partial charge in [0, 0.05) is 33.9 Å². The molecule has 0 radical (unpaired) electrons. The number of carbonyl (C=O) groups is 3. The fourth-order valence-corrected chi connectivity index (χ4v) is 6.23. The van der Waals surface area contributed by atoms with Crippen LogP contribution in [-0.4, -0.2) is 33.7 Å². The summed E-state index contributed by atoms with van der Waals surface area (Å²) in [6, 6.07) is 9.61. The number of halogens is 1. The Bertz CT molecular complexity index is 1290. The lowest BCUT2D eigenvalue weighted by atomic mass is 9.80. The van der Waals surface area contributed by atoms with Crippen LogP contribution in [0.1, 0.15) is 50.6 Å². The summed E-state index contributed by atoms with van der Waals surface area (Å²) in [6.45, 7) is 4.16. The van der Waals surface area contributed by atoms with E-state index in [0.717, 1.165) is 45.1 Å². The molecule has 176 valence electrons. The van der Waals surface area contributed by atoms with Crippen molar-refractivity contribution in [1.29, 1.82) is 0 Å². The van der Waals surface area contributed by atoms with Gasteiger partial charge in [0.2, 0.25) is 0 Å². The summed E-state index contributed by atoms with van der Waals surface area (Å²) in [6.07, 6.45) is 2.96. The first-order valence-electron chi connectivity index (χ1n) is 11.5. The lowest BCUT2D eigenvalue weighted by Gasteiger charge is -2.31. The number of carbonyl (C=O) groups excluding carboxylic acids is 3. The number of nitrogens with one attached hydrogen (secondary N) is 1. The Kier molecular flexibility index (Phi) is 5.64. The summed E-state index contributed by atoms with van der Waals surface area (Å²) < 4.78 is 15.2. The molecule has 1 aliphatic carbocycles. The second kappa shape index (κ2) is 8.51. The molecule has 0 bridgehead atoms. The van der Waals surface area contributed by atoms with Crippen LogP contribution in [-0.2, 0) is 29.7 Å². The summed E-state index contributed by atoms with van der Waals surface area (Å²) in [7, 11) is 0. The molecular formula is C26H26FN3O3S. The third kappa shape index (κ3) is 3.66. The predicted octanol–water partition coefficient (Wildman–Crippen LogP) is 4.51. The molecule has 5 rings (SSSR count). The Hall–Kier alpha value is -3.26. The van der Waals surface area contributed by atoms with Crippen molar-refractivity contribution in [3.63, 3.8) is 0 Å². The molecule has 1 N–H and O–H groups in total. The smallest absolute Gasteiger partial charge is 0.325 e. The summed E-state index contributed by atoms with van der Waals surface area (Å²) >= 11 is 1.60. The number of benzene rings is 1. The van der Waals surface area contributed by atoms with Crippen LogP contribution in [0.2, 0.25) is 0 Å². The molecule has 1 fully saturated rings. The Morgan fingerprint density at radius 1 is 1.18 bits per heavy atom. The van der Waals surface area contributed by atoms with Crippen LogP contribution in [0.4, 0.5) is 9.18 Å². The monoisotopic (exact) mass is 479 g/mol. The Labute approximate surface area is 201 Å². The lowest BCUT2D eigenvalue weighted by Crippen LogP contribution is -2.46. The second-order valence-corrected chi connectivity index (χ2v) is 10.1. The minimum absolute atomic E-state index is 0.261. The minimum Gasteiger partial charge on any atom is -0.348 e. The highest BCUT2D eigenvalue weighted by molar-refractivity contribution is 7.10. The van der Waals surface area contributed by atoms with Crippen molar-refractivity contribution in [3.05, 3.63) is 80.6 Å². The van der Waals surface area contributed by atoms with Crippen molar-refractivity contribution in [2.24, 2.45) is 0 Å². The van der Waals surface area contributed by atoms with Crippen LogP contribution in [0, 0.1) is 19.7 Å². The molecule has 34 heavy (non-hydrogen) atoms. The van der Waals surface area contributed by atoms with E-state index < -0.39 is 11.6 Å². The Morgan fingerprint density at radius 2 is 1.94 bits per heavy atom. The fraction of sp³-hybridized carbons (Fsp3) is 0.346. The van der Waals surface area contributed by atoms with Gasteiger partial charge in [-0.1, -0.05) is 12.1 Å². The normalized spacial score (nSPS) is 19.6. The van der Waals surface area contributed by atoms with E-state index in [-0.39, 0.29) is 24.1 Å². The fourth-order valence-electron chi connectivity index (χ4n) is 5.23. The molecule has 3 aromatic rings. The number of hydrogen-bond acceptors (Lipinski definition) is 4. The highest BCUT2D eigenvalue weighted by atomic mass is 32.1. The van der Waals surface area contributed by atoms with Crippen LogP contribution in [0.3, 0.4) is 0 Å². The van der Waals surface area contributed by atoms with Crippen molar-refractivity contribution in [2.45, 2.75) is 51.6 Å². The van der Waals surface area contributed by atoms with Gasteiger partial charge in [-0.05, 0) is 74.7 Å². The van der Waals surface area contributed by atoms with E-state index in [2.05, 4.69) is 5.32 Å². The molecular weight excluding hydrogens is 453 g/mol. The number of thiophene rings is 1. The van der Waals surface area contributed by atoms with Gasteiger partial charge in [-0.2, -0.15) is 0 Å². The number of ketones is 1. The number of nitrogens with zero attached hydrogens (tertiary/aromatic N) is 2. The SMILES string of the molecule is Cc1cc(C(=O)CN2C(=O)N[C@@]3(CCCc4sccc43)C2=O)c(C)n1CCc1ccc(F)cc1. The summed E-state index contributed by atoms with van der Waals surface area (Å²) in [5.41, 5.74) is 3.06. The third-order valence-corrected chi connectivity index (χ3v) is 8.03. The first-order chi connectivity index (χ1) is 16.3. The van der Waals surface area contributed by atoms with Crippen LogP contribution >= 0.6 is 11.3 Å². The van der Waals surface area contributed by atoms with Gasteiger partial charge in [-0.25, -0.2) is 9.18 Å². The van der Waals surface area contributed by atoms with Gasteiger partial charge in [0.15, 0.2) is 5.78 Å². The third-order valence-electron chi connectivity index (χ3n) is 7.05. The van der Waals surface area contributed by atoms with Crippen LogP contribution in [0.5, 0.6) is 0 Å². The highest BCUT2D eigenvalue weighted by Gasteiger charge is 2.54. The molecule has 1 aliphatic heterocycles. The average molecular weight is 480 g/mol. The molecule has 1 atom stereocenters. The van der Waals surface area contributed by atoms with Gasteiger partial charge >= 0.3 is 6.03 Å². The zero-order valence-electron chi connectivity index (χ0n) is 19.2. The number of aryl methyl sites for hydroxylation is 3. The molecule has 6 nitrogen and oxygen atoms in total. The number of aromatic nitrogens is 1. The first kappa shape index (κ1) is 22.5. The van der Waals surface area contributed by atoms with E-state index in [1.807, 2.05) is 35.9 Å². The molecule has 0 saturated carbocycles. The summed E-state index contributed by atoms with van der Waals surface area (Å²) in [4.78, 5) is 41.7. The molecule has 3 heterocycles. The van der Waals surface area contributed by atoms with Gasteiger partial charge in [-0.3, -0.25) is 14.5 Å². The molecule has 2 aliphatic rings. The van der Waals surface area contributed by atoms with Crippen molar-refractivity contribution in [1.82, 2.24) is 14.8 Å². The molecule has 3 amide bonds. The minimum atomic E-state index is -1.04. The van der Waals surface area contributed by atoms with E-state index >= 15 is 0 Å². The topological polar surface area (TPSA) is 71.4 Å². The molecule has 1 saturated heterocycles. The Morgan fingerprint density at radius 3 is 2.71 bits per heavy atom. The molecule has 1 spiro atoms. The lowest BCUT2D eigenvalue weighted by molar-refractivity contribution is -0.131. The molecule has 0 unspecified atom stereocenters. The van der Waals surface area contributed by atoms with Crippen molar-refractivity contribution in [3.8, 4) is 0 Å². The number of amides is 3. The zero-order chi connectivity index (χ0) is 24.0. The van der Waals surface area contributed by atoms with Crippen LogP contribution in [0.25, 0.3) is 0 Å².